The zero-order chi connectivity index (χ0) is 5.28. The lowest BCUT2D eigenvalue weighted by molar-refractivity contribution is 0.975. The Kier molecular flexibility index (Phi) is 1.23. The van der Waals surface area contributed by atoms with E-state index in [1.54, 1.807) is 11.8 Å². The van der Waals surface area contributed by atoms with Crippen molar-refractivity contribution < 1.29 is 0 Å². The molecule has 1 atom stereocenters. The summed E-state index contributed by atoms with van der Waals surface area (Å²) >= 11 is 1.65. The molecular formula is C4H8N2S. The number of aliphatic imine (C=N–C) groups is 1. The first-order valence-electron chi connectivity index (χ1n) is 2.25. The van der Waals surface area contributed by atoms with Crippen LogP contribution in [0, 0.1) is 0 Å². The Balaban J connectivity index is 2.42. The van der Waals surface area contributed by atoms with Gasteiger partial charge in [-0.3, -0.25) is 4.99 Å². The van der Waals surface area contributed by atoms with Gasteiger partial charge in [0.2, 0.25) is 0 Å². The Morgan fingerprint density at radius 1 is 2.00 bits per heavy atom. The van der Waals surface area contributed by atoms with Gasteiger partial charge in [0.05, 0.1) is 6.54 Å². The standard InChI is InChI=1S/C4H8N2S/c1-3-2-6-4(5)7-3/h3H,2H2,1H3,(H2,5,6)/i7+3. The first kappa shape index (κ1) is 4.97. The molecule has 2 nitrogen and oxygen atoms in total. The van der Waals surface area contributed by atoms with E-state index >= 15 is 0 Å². The predicted molar refractivity (Wildman–Crippen MR) is 33.5 cm³/mol. The van der Waals surface area contributed by atoms with Crippen LogP contribution in [0.25, 0.3) is 0 Å². The van der Waals surface area contributed by atoms with Crippen molar-refractivity contribution >= 4 is 16.9 Å². The second-order valence-corrected chi connectivity index (χ2v) is 3.07. The van der Waals surface area contributed by atoms with Crippen molar-refractivity contribution in [2.45, 2.75) is 12.2 Å². The third-order valence-electron chi connectivity index (χ3n) is 0.826. The molecule has 7 heavy (non-hydrogen) atoms. The molecule has 0 aromatic carbocycles. The molecule has 0 spiro atoms. The van der Waals surface area contributed by atoms with Crippen molar-refractivity contribution in [3.63, 3.8) is 0 Å². The van der Waals surface area contributed by atoms with Crippen molar-refractivity contribution in [3.05, 3.63) is 0 Å². The van der Waals surface area contributed by atoms with Crippen LogP contribution < -0.4 is 5.73 Å². The topological polar surface area (TPSA) is 38.4 Å². The quantitative estimate of drug-likeness (QED) is 0.502. The second kappa shape index (κ2) is 1.74. The molecule has 1 unspecified atom stereocenters. The fourth-order valence-electron chi connectivity index (χ4n) is 0.499. The Labute approximate surface area is 47.2 Å². The second-order valence-electron chi connectivity index (χ2n) is 1.61. The zero-order valence-corrected chi connectivity index (χ0v) is 5.03. The molecule has 1 aliphatic rings. The molecule has 1 rings (SSSR count). The van der Waals surface area contributed by atoms with Gasteiger partial charge in [-0.25, -0.2) is 0 Å². The number of nitrogens with two attached hydrogens (primary N) is 1. The van der Waals surface area contributed by atoms with Crippen molar-refractivity contribution in [1.29, 1.82) is 0 Å². The summed E-state index contributed by atoms with van der Waals surface area (Å²) < 4.78 is 0. The number of hydrogen-bond donors (Lipinski definition) is 1. The average molecular weight is 119 g/mol. The normalized spacial score (nSPS) is 30.4. The van der Waals surface area contributed by atoms with Crippen LogP contribution in [0.2, 0.25) is 0 Å². The fourth-order valence-corrected chi connectivity index (χ4v) is 1.21. The largest absolute Gasteiger partial charge is 0.379 e. The summed E-state index contributed by atoms with van der Waals surface area (Å²) in [4.78, 5) is 3.97. The van der Waals surface area contributed by atoms with E-state index in [9.17, 15) is 0 Å². The van der Waals surface area contributed by atoms with E-state index in [1.165, 1.54) is 0 Å². The summed E-state index contributed by atoms with van der Waals surface area (Å²) in [6.45, 7) is 3.02. The van der Waals surface area contributed by atoms with Crippen LogP contribution in [0.15, 0.2) is 4.99 Å². The van der Waals surface area contributed by atoms with E-state index in [-0.39, 0.29) is 0 Å². The van der Waals surface area contributed by atoms with Gasteiger partial charge in [0.15, 0.2) is 5.17 Å². The summed E-state index contributed by atoms with van der Waals surface area (Å²) in [5.74, 6) is 0. The van der Waals surface area contributed by atoms with Gasteiger partial charge in [-0.1, -0.05) is 18.7 Å². The van der Waals surface area contributed by atoms with Crippen LogP contribution in [0.1, 0.15) is 6.92 Å². The first-order chi connectivity index (χ1) is 3.29. The van der Waals surface area contributed by atoms with E-state index in [0.717, 1.165) is 11.7 Å². The molecule has 0 aliphatic carbocycles. The highest BCUT2D eigenvalue weighted by molar-refractivity contribution is 8.14. The molecule has 2 N–H and O–H groups in total. The van der Waals surface area contributed by atoms with Crippen LogP contribution in [-0.4, -0.2) is 17.0 Å². The van der Waals surface area contributed by atoms with Crippen LogP contribution in [0.3, 0.4) is 0 Å². The number of thioether (sulfide) groups is 1. The smallest absolute Gasteiger partial charge is 0.154 e. The van der Waals surface area contributed by atoms with Crippen molar-refractivity contribution in [2.24, 2.45) is 10.7 Å². The number of hydrogen-bond acceptors (Lipinski definition) is 3. The molecule has 0 bridgehead atoms. The molecule has 1 aliphatic heterocycles. The molecule has 0 saturated heterocycles. The van der Waals surface area contributed by atoms with E-state index < -0.39 is 0 Å². The number of amidine groups is 1. The lowest BCUT2D eigenvalue weighted by Gasteiger charge is -1.91. The highest BCUT2D eigenvalue weighted by Gasteiger charge is 2.10. The molecule has 0 radical (unpaired) electrons. The van der Waals surface area contributed by atoms with Crippen LogP contribution in [0.5, 0.6) is 0 Å². The van der Waals surface area contributed by atoms with Gasteiger partial charge in [-0.2, -0.15) is 0 Å². The van der Waals surface area contributed by atoms with Crippen molar-refractivity contribution in [2.75, 3.05) is 6.54 Å². The third kappa shape index (κ3) is 1.09. The fraction of sp³-hybridized carbons (Fsp3) is 0.750. The van der Waals surface area contributed by atoms with Crippen molar-refractivity contribution in [3.8, 4) is 0 Å². The number of nitrogens with zero attached hydrogens (tertiary/aromatic N) is 1. The zero-order valence-electron chi connectivity index (χ0n) is 4.22. The van der Waals surface area contributed by atoms with E-state index in [0.29, 0.717) is 5.25 Å². The van der Waals surface area contributed by atoms with E-state index in [4.69, 9.17) is 5.73 Å². The van der Waals surface area contributed by atoms with Gasteiger partial charge in [-0.05, 0) is 0 Å². The lowest BCUT2D eigenvalue weighted by atomic mass is 10.5. The monoisotopic (exact) mass is 119 g/mol. The Hall–Kier alpha value is -0.180. The predicted octanol–water partition coefficient (Wildman–Crippen LogP) is 0.436. The molecule has 40 valence electrons. The third-order valence-corrected chi connectivity index (χ3v) is 1.75. The Morgan fingerprint density at radius 3 is 2.86 bits per heavy atom. The van der Waals surface area contributed by atoms with Crippen LogP contribution in [0.4, 0.5) is 0 Å². The lowest BCUT2D eigenvalue weighted by Crippen LogP contribution is -2.02. The van der Waals surface area contributed by atoms with E-state index in [1.807, 2.05) is 0 Å². The maximum absolute atomic E-state index is 5.34. The molecule has 1 heterocycles. The molecule has 0 aromatic heterocycles. The summed E-state index contributed by atoms with van der Waals surface area (Å²) in [6.07, 6.45) is 0. The molecule has 3 heteroatoms. The molecular weight excluding hydrogens is 111 g/mol. The summed E-state index contributed by atoms with van der Waals surface area (Å²) in [6, 6.07) is 0. The summed E-state index contributed by atoms with van der Waals surface area (Å²) in [7, 11) is 0. The maximum Gasteiger partial charge on any atom is 0.154 e. The average Bonchev–Trinajstić information content (AvgIpc) is 1.87. The van der Waals surface area contributed by atoms with Gasteiger partial charge in [-0.15, -0.1) is 0 Å². The highest BCUT2D eigenvalue weighted by atomic mass is 35.1. The molecule has 0 amide bonds. The summed E-state index contributed by atoms with van der Waals surface area (Å²) in [5.41, 5.74) is 5.34. The SMILES string of the molecule is CC1CN=C(N)[35S]1. The Bertz CT molecular complexity index is 99.9. The molecule has 0 fully saturated rings. The van der Waals surface area contributed by atoms with Gasteiger partial charge in [0.25, 0.3) is 0 Å². The highest BCUT2D eigenvalue weighted by Crippen LogP contribution is 2.16. The van der Waals surface area contributed by atoms with Gasteiger partial charge >= 0.3 is 0 Å². The molecule has 0 saturated carbocycles. The van der Waals surface area contributed by atoms with Gasteiger partial charge in [0, 0.05) is 5.25 Å². The van der Waals surface area contributed by atoms with Gasteiger partial charge < -0.3 is 5.73 Å². The van der Waals surface area contributed by atoms with E-state index in [2.05, 4.69) is 11.9 Å². The minimum Gasteiger partial charge on any atom is -0.379 e. The van der Waals surface area contributed by atoms with Crippen LogP contribution >= 0.6 is 11.8 Å². The number of rotatable bonds is 0. The van der Waals surface area contributed by atoms with Gasteiger partial charge in [0.1, 0.15) is 0 Å². The molecule has 0 aromatic rings. The minimum atomic E-state index is 0.611. The maximum atomic E-state index is 5.34. The summed E-state index contributed by atoms with van der Waals surface area (Å²) in [5, 5.41) is 1.35. The Morgan fingerprint density at radius 2 is 2.71 bits per heavy atom. The first-order valence-corrected chi connectivity index (χ1v) is 3.13. The van der Waals surface area contributed by atoms with Crippen LogP contribution in [-0.2, 0) is 0 Å². The minimum absolute atomic E-state index is 0.611. The van der Waals surface area contributed by atoms with Crippen molar-refractivity contribution in [1.82, 2.24) is 0 Å².